The molecule has 2 heterocycles. The molecule has 0 saturated carbocycles. The Morgan fingerprint density at radius 2 is 2.18 bits per heavy atom. The molecule has 6 nitrogen and oxygen atoms in total. The number of ether oxygens (including phenoxy) is 1. The molecule has 0 spiro atoms. The standard InChI is InChI=1S/C16H28N4O2/c1-16(2,3)22-15(21)9-8-13-7-5-6-10-20(13)12-14-11-17-18-19(14)4/h11,13H,5-10,12H2,1-4H3. The molecule has 6 heteroatoms. The molecule has 1 aromatic heterocycles. The number of hydrogen-bond donors (Lipinski definition) is 0. The fraction of sp³-hybridized carbons (Fsp3) is 0.812. The lowest BCUT2D eigenvalue weighted by Crippen LogP contribution is -2.39. The van der Waals surface area contributed by atoms with Crippen molar-refractivity contribution in [2.45, 2.75) is 71.1 Å². The smallest absolute Gasteiger partial charge is 0.306 e. The van der Waals surface area contributed by atoms with E-state index in [1.807, 2.05) is 38.7 Å². The van der Waals surface area contributed by atoms with E-state index < -0.39 is 5.60 Å². The molecule has 124 valence electrons. The molecule has 1 fully saturated rings. The van der Waals surface area contributed by atoms with Gasteiger partial charge in [-0.25, -0.2) is 0 Å². The fourth-order valence-corrected chi connectivity index (χ4v) is 2.93. The maximum Gasteiger partial charge on any atom is 0.306 e. The summed E-state index contributed by atoms with van der Waals surface area (Å²) in [5.74, 6) is -0.0970. The third-order valence-corrected chi connectivity index (χ3v) is 4.02. The lowest BCUT2D eigenvalue weighted by atomic mass is 9.97. The Morgan fingerprint density at radius 1 is 1.41 bits per heavy atom. The Bertz CT molecular complexity index is 493. The number of likely N-dealkylation sites (tertiary alicyclic amines) is 1. The van der Waals surface area contributed by atoms with E-state index in [2.05, 4.69) is 15.2 Å². The first-order valence-corrected chi connectivity index (χ1v) is 8.14. The summed E-state index contributed by atoms with van der Waals surface area (Å²) in [7, 11) is 1.92. The van der Waals surface area contributed by atoms with Crippen LogP contribution in [0.2, 0.25) is 0 Å². The van der Waals surface area contributed by atoms with Gasteiger partial charge in [0.05, 0.1) is 11.9 Å². The third-order valence-electron chi connectivity index (χ3n) is 4.02. The molecular formula is C16H28N4O2. The van der Waals surface area contributed by atoms with E-state index in [-0.39, 0.29) is 5.97 Å². The molecule has 2 rings (SSSR count). The van der Waals surface area contributed by atoms with E-state index in [0.717, 1.165) is 31.6 Å². The topological polar surface area (TPSA) is 60.2 Å². The lowest BCUT2D eigenvalue weighted by molar-refractivity contribution is -0.155. The molecule has 0 amide bonds. The average Bonchev–Trinajstić information content (AvgIpc) is 2.81. The molecule has 0 bridgehead atoms. The van der Waals surface area contributed by atoms with Gasteiger partial charge >= 0.3 is 5.97 Å². The van der Waals surface area contributed by atoms with Crippen LogP contribution in [0.3, 0.4) is 0 Å². The zero-order chi connectivity index (χ0) is 16.2. The molecule has 0 N–H and O–H groups in total. The summed E-state index contributed by atoms with van der Waals surface area (Å²) in [6, 6.07) is 0.441. The first-order chi connectivity index (χ1) is 10.3. The second-order valence-electron chi connectivity index (χ2n) is 7.09. The number of hydrogen-bond acceptors (Lipinski definition) is 5. The van der Waals surface area contributed by atoms with E-state index in [9.17, 15) is 4.79 Å². The SMILES string of the molecule is Cn1nncc1CN1CCCCC1CCC(=O)OC(C)(C)C. The molecular weight excluding hydrogens is 280 g/mol. The van der Waals surface area contributed by atoms with Crippen molar-refractivity contribution >= 4 is 5.97 Å². The van der Waals surface area contributed by atoms with Crippen LogP contribution in [-0.2, 0) is 23.1 Å². The van der Waals surface area contributed by atoms with Gasteiger partial charge in [-0.2, -0.15) is 0 Å². The van der Waals surface area contributed by atoms with E-state index >= 15 is 0 Å². The highest BCUT2D eigenvalue weighted by atomic mass is 16.6. The number of carbonyl (C=O) groups excluding carboxylic acids is 1. The number of esters is 1. The highest BCUT2D eigenvalue weighted by Gasteiger charge is 2.25. The predicted molar refractivity (Wildman–Crippen MR) is 84.1 cm³/mol. The second kappa shape index (κ2) is 7.22. The zero-order valence-corrected chi connectivity index (χ0v) is 14.2. The minimum absolute atomic E-state index is 0.0970. The largest absolute Gasteiger partial charge is 0.460 e. The zero-order valence-electron chi connectivity index (χ0n) is 14.2. The molecule has 1 aromatic rings. The summed E-state index contributed by atoms with van der Waals surface area (Å²) in [6.07, 6.45) is 6.77. The van der Waals surface area contributed by atoms with Crippen LogP contribution in [0.15, 0.2) is 6.20 Å². The van der Waals surface area contributed by atoms with Crippen molar-refractivity contribution in [2.24, 2.45) is 7.05 Å². The molecule has 1 aliphatic heterocycles. The highest BCUT2D eigenvalue weighted by Crippen LogP contribution is 2.23. The van der Waals surface area contributed by atoms with Crippen LogP contribution < -0.4 is 0 Å². The van der Waals surface area contributed by atoms with Crippen molar-refractivity contribution in [1.82, 2.24) is 19.9 Å². The Morgan fingerprint density at radius 3 is 2.82 bits per heavy atom. The average molecular weight is 308 g/mol. The quantitative estimate of drug-likeness (QED) is 0.781. The predicted octanol–water partition coefficient (Wildman–Crippen LogP) is 2.29. The van der Waals surface area contributed by atoms with Crippen LogP contribution in [0.5, 0.6) is 0 Å². The van der Waals surface area contributed by atoms with Crippen molar-refractivity contribution in [3.8, 4) is 0 Å². The maximum absolute atomic E-state index is 11.9. The Labute approximate surface area is 132 Å². The monoisotopic (exact) mass is 308 g/mol. The van der Waals surface area contributed by atoms with Crippen LogP contribution in [0, 0.1) is 0 Å². The van der Waals surface area contributed by atoms with Crippen LogP contribution in [0.1, 0.15) is 58.6 Å². The fourth-order valence-electron chi connectivity index (χ4n) is 2.93. The first-order valence-electron chi connectivity index (χ1n) is 8.14. The Balaban J connectivity index is 1.87. The van der Waals surface area contributed by atoms with Crippen molar-refractivity contribution in [3.05, 3.63) is 11.9 Å². The Kier molecular flexibility index (Phi) is 5.56. The summed E-state index contributed by atoms with van der Waals surface area (Å²) in [5.41, 5.74) is 0.716. The summed E-state index contributed by atoms with van der Waals surface area (Å²) < 4.78 is 7.23. The van der Waals surface area contributed by atoms with Crippen LogP contribution in [-0.4, -0.2) is 44.1 Å². The summed E-state index contributed by atoms with van der Waals surface area (Å²) in [5, 5.41) is 7.93. The van der Waals surface area contributed by atoms with E-state index in [4.69, 9.17) is 4.74 Å². The lowest BCUT2D eigenvalue weighted by Gasteiger charge is -2.35. The number of aromatic nitrogens is 3. The number of carbonyl (C=O) groups is 1. The first kappa shape index (κ1) is 16.9. The van der Waals surface area contributed by atoms with Crippen molar-refractivity contribution in [3.63, 3.8) is 0 Å². The van der Waals surface area contributed by atoms with Crippen LogP contribution >= 0.6 is 0 Å². The maximum atomic E-state index is 11.9. The molecule has 1 saturated heterocycles. The number of rotatable bonds is 5. The van der Waals surface area contributed by atoms with Gasteiger partial charge in [0.2, 0.25) is 0 Å². The summed E-state index contributed by atoms with van der Waals surface area (Å²) in [6.45, 7) is 7.65. The van der Waals surface area contributed by atoms with Gasteiger partial charge in [-0.1, -0.05) is 11.6 Å². The minimum atomic E-state index is -0.399. The van der Waals surface area contributed by atoms with Gasteiger partial charge in [-0.15, -0.1) is 5.10 Å². The third kappa shape index (κ3) is 5.09. The van der Waals surface area contributed by atoms with Crippen LogP contribution in [0.25, 0.3) is 0 Å². The number of nitrogens with zero attached hydrogens (tertiary/aromatic N) is 4. The van der Waals surface area contributed by atoms with Crippen LogP contribution in [0.4, 0.5) is 0 Å². The van der Waals surface area contributed by atoms with E-state index in [1.54, 1.807) is 0 Å². The van der Waals surface area contributed by atoms with Gasteiger partial charge < -0.3 is 4.74 Å². The van der Waals surface area contributed by atoms with Gasteiger partial charge in [-0.05, 0) is 46.6 Å². The van der Waals surface area contributed by atoms with Gasteiger partial charge in [0.1, 0.15) is 5.60 Å². The molecule has 1 atom stereocenters. The van der Waals surface area contributed by atoms with Gasteiger partial charge in [0, 0.05) is 26.1 Å². The Hall–Kier alpha value is -1.43. The van der Waals surface area contributed by atoms with Crippen molar-refractivity contribution < 1.29 is 9.53 Å². The van der Waals surface area contributed by atoms with E-state index in [1.165, 1.54) is 12.8 Å². The molecule has 0 radical (unpaired) electrons. The van der Waals surface area contributed by atoms with Gasteiger partial charge in [-0.3, -0.25) is 14.4 Å². The molecule has 1 unspecified atom stereocenters. The summed E-state index contributed by atoms with van der Waals surface area (Å²) >= 11 is 0. The normalized spacial score (nSPS) is 20.1. The van der Waals surface area contributed by atoms with Crippen molar-refractivity contribution in [2.75, 3.05) is 6.54 Å². The van der Waals surface area contributed by atoms with Crippen molar-refractivity contribution in [1.29, 1.82) is 0 Å². The number of piperidine rings is 1. The molecule has 0 aromatic carbocycles. The van der Waals surface area contributed by atoms with Gasteiger partial charge in [0.15, 0.2) is 0 Å². The molecule has 0 aliphatic carbocycles. The number of aryl methyl sites for hydroxylation is 1. The van der Waals surface area contributed by atoms with Gasteiger partial charge in [0.25, 0.3) is 0 Å². The highest BCUT2D eigenvalue weighted by molar-refractivity contribution is 5.69. The molecule has 22 heavy (non-hydrogen) atoms. The summed E-state index contributed by atoms with van der Waals surface area (Å²) in [4.78, 5) is 14.4. The minimum Gasteiger partial charge on any atom is -0.460 e. The van der Waals surface area contributed by atoms with E-state index in [0.29, 0.717) is 12.5 Å². The molecule has 1 aliphatic rings. The second-order valence-corrected chi connectivity index (χ2v) is 7.09.